The Morgan fingerprint density at radius 2 is 2.16 bits per heavy atom. The lowest BCUT2D eigenvalue weighted by molar-refractivity contribution is 0.626. The minimum atomic E-state index is -0.570. The predicted molar refractivity (Wildman–Crippen MR) is 72.0 cm³/mol. The summed E-state index contributed by atoms with van der Waals surface area (Å²) in [6.07, 6.45) is 0. The molecule has 19 heavy (non-hydrogen) atoms. The number of nitrogens with two attached hydrogens (primary N) is 1. The van der Waals surface area contributed by atoms with Crippen molar-refractivity contribution in [2.45, 2.75) is 0 Å². The molecule has 1 aromatic carbocycles. The molecule has 7 heteroatoms. The second kappa shape index (κ2) is 4.78. The Hall–Kier alpha value is -2.26. The van der Waals surface area contributed by atoms with E-state index in [-0.39, 0.29) is 16.4 Å². The number of nitrogens with zero attached hydrogens (tertiary/aromatic N) is 4. The first kappa shape index (κ1) is 13.2. The van der Waals surface area contributed by atoms with Crippen LogP contribution < -0.4 is 10.6 Å². The molecule has 0 aliphatic carbocycles. The highest BCUT2D eigenvalue weighted by atomic mass is 35.5. The summed E-state index contributed by atoms with van der Waals surface area (Å²) in [6, 6.07) is 6.20. The van der Waals surface area contributed by atoms with Crippen molar-refractivity contribution in [3.05, 3.63) is 34.6 Å². The molecule has 0 saturated heterocycles. The van der Waals surface area contributed by atoms with E-state index in [4.69, 9.17) is 22.6 Å². The molecule has 0 unspecified atom stereocenters. The molecule has 98 valence electrons. The zero-order valence-electron chi connectivity index (χ0n) is 10.4. The smallest absolute Gasteiger partial charge is 0.170 e. The zero-order valence-corrected chi connectivity index (χ0v) is 11.1. The first-order valence-electron chi connectivity index (χ1n) is 5.37. The van der Waals surface area contributed by atoms with E-state index in [0.29, 0.717) is 11.5 Å². The van der Waals surface area contributed by atoms with Gasteiger partial charge in [0.1, 0.15) is 23.3 Å². The van der Waals surface area contributed by atoms with Gasteiger partial charge in [0.2, 0.25) is 0 Å². The SMILES string of the molecule is CN(C)c1nn(-c2ccc(Cl)c(F)c2)c(N)c1C#N. The molecule has 0 spiro atoms. The minimum Gasteiger partial charge on any atom is -0.382 e. The van der Waals surface area contributed by atoms with Gasteiger partial charge in [-0.05, 0) is 12.1 Å². The third-order valence-electron chi connectivity index (χ3n) is 2.59. The largest absolute Gasteiger partial charge is 0.382 e. The van der Waals surface area contributed by atoms with Crippen LogP contribution in [0, 0.1) is 17.1 Å². The van der Waals surface area contributed by atoms with E-state index in [1.807, 2.05) is 6.07 Å². The highest BCUT2D eigenvalue weighted by molar-refractivity contribution is 6.30. The summed E-state index contributed by atoms with van der Waals surface area (Å²) >= 11 is 5.63. The third kappa shape index (κ3) is 2.20. The van der Waals surface area contributed by atoms with Crippen LogP contribution in [0.4, 0.5) is 16.0 Å². The van der Waals surface area contributed by atoms with Crippen LogP contribution >= 0.6 is 11.6 Å². The van der Waals surface area contributed by atoms with Gasteiger partial charge in [0.05, 0.1) is 10.7 Å². The van der Waals surface area contributed by atoms with Crippen LogP contribution in [-0.4, -0.2) is 23.9 Å². The normalized spacial score (nSPS) is 10.3. The number of nitrogen functional groups attached to an aromatic ring is 1. The number of nitriles is 1. The quantitative estimate of drug-likeness (QED) is 0.915. The van der Waals surface area contributed by atoms with Crippen LogP contribution in [0.15, 0.2) is 18.2 Å². The lowest BCUT2D eigenvalue weighted by Crippen LogP contribution is -2.11. The van der Waals surface area contributed by atoms with Gasteiger partial charge in [-0.15, -0.1) is 5.10 Å². The van der Waals surface area contributed by atoms with Crippen LogP contribution in [0.2, 0.25) is 5.02 Å². The van der Waals surface area contributed by atoms with Crippen molar-refractivity contribution < 1.29 is 4.39 Å². The average Bonchev–Trinajstić information content (AvgIpc) is 2.70. The summed E-state index contributed by atoms with van der Waals surface area (Å²) in [5.74, 6) is 0.0160. The summed E-state index contributed by atoms with van der Waals surface area (Å²) in [4.78, 5) is 1.66. The Bertz CT molecular complexity index is 671. The number of rotatable bonds is 2. The van der Waals surface area contributed by atoms with Gasteiger partial charge in [-0.1, -0.05) is 11.6 Å². The van der Waals surface area contributed by atoms with Gasteiger partial charge in [0.25, 0.3) is 0 Å². The molecule has 2 N–H and O–H groups in total. The number of benzene rings is 1. The molecule has 0 aliphatic rings. The molecule has 0 radical (unpaired) electrons. The Kier molecular flexibility index (Phi) is 3.32. The van der Waals surface area contributed by atoms with Crippen LogP contribution in [0.5, 0.6) is 0 Å². The van der Waals surface area contributed by atoms with Gasteiger partial charge in [0, 0.05) is 20.2 Å². The molecule has 0 aliphatic heterocycles. The van der Waals surface area contributed by atoms with Crippen LogP contribution in [-0.2, 0) is 0 Å². The predicted octanol–water partition coefficient (Wildman–Crippen LogP) is 2.18. The van der Waals surface area contributed by atoms with Gasteiger partial charge >= 0.3 is 0 Å². The molecule has 0 bridgehead atoms. The standard InChI is InChI=1S/C12H11ClFN5/c1-18(2)12-8(6-15)11(16)19(17-12)7-3-4-9(13)10(14)5-7/h3-5H,16H2,1-2H3. The Labute approximate surface area is 114 Å². The summed E-state index contributed by atoms with van der Waals surface area (Å²) in [5, 5.41) is 13.3. The fraction of sp³-hybridized carbons (Fsp3) is 0.167. The molecular formula is C12H11ClFN5. The van der Waals surface area contributed by atoms with E-state index in [9.17, 15) is 4.39 Å². The first-order chi connectivity index (χ1) is 8.95. The maximum atomic E-state index is 13.5. The van der Waals surface area contributed by atoms with Gasteiger partial charge < -0.3 is 10.6 Å². The lowest BCUT2D eigenvalue weighted by Gasteiger charge is -2.07. The summed E-state index contributed by atoms with van der Waals surface area (Å²) in [5.41, 5.74) is 6.53. The number of halogens is 2. The molecule has 5 nitrogen and oxygen atoms in total. The molecule has 1 aromatic heterocycles. The molecule has 1 heterocycles. The second-order valence-electron chi connectivity index (χ2n) is 4.10. The lowest BCUT2D eigenvalue weighted by atomic mass is 10.3. The van der Waals surface area contributed by atoms with E-state index < -0.39 is 5.82 Å². The topological polar surface area (TPSA) is 70.9 Å². The highest BCUT2D eigenvalue weighted by Gasteiger charge is 2.18. The van der Waals surface area contributed by atoms with Gasteiger partial charge in [0.15, 0.2) is 5.82 Å². The van der Waals surface area contributed by atoms with Crippen LogP contribution in [0.3, 0.4) is 0 Å². The van der Waals surface area contributed by atoms with E-state index in [2.05, 4.69) is 5.10 Å². The van der Waals surface area contributed by atoms with Gasteiger partial charge in [-0.25, -0.2) is 9.07 Å². The second-order valence-corrected chi connectivity index (χ2v) is 4.51. The fourth-order valence-electron chi connectivity index (χ4n) is 1.65. The number of aromatic nitrogens is 2. The molecule has 0 atom stereocenters. The Morgan fingerprint density at radius 3 is 2.63 bits per heavy atom. The number of hydrogen-bond acceptors (Lipinski definition) is 4. The minimum absolute atomic E-state index is 0.0165. The van der Waals surface area contributed by atoms with Crippen molar-refractivity contribution in [3.63, 3.8) is 0 Å². The number of anilines is 2. The summed E-state index contributed by atoms with van der Waals surface area (Å²) < 4.78 is 14.8. The summed E-state index contributed by atoms with van der Waals surface area (Å²) in [7, 11) is 3.49. The van der Waals surface area contributed by atoms with Crippen molar-refractivity contribution in [2.75, 3.05) is 24.7 Å². The van der Waals surface area contributed by atoms with Crippen molar-refractivity contribution in [1.29, 1.82) is 5.26 Å². The Morgan fingerprint density at radius 1 is 1.47 bits per heavy atom. The highest BCUT2D eigenvalue weighted by Crippen LogP contribution is 2.27. The van der Waals surface area contributed by atoms with Gasteiger partial charge in [-0.3, -0.25) is 0 Å². The molecule has 0 saturated carbocycles. The van der Waals surface area contributed by atoms with Crippen molar-refractivity contribution >= 4 is 23.2 Å². The van der Waals surface area contributed by atoms with E-state index in [1.54, 1.807) is 25.1 Å². The monoisotopic (exact) mass is 279 g/mol. The van der Waals surface area contributed by atoms with Crippen molar-refractivity contribution in [1.82, 2.24) is 9.78 Å². The molecular weight excluding hydrogens is 269 g/mol. The van der Waals surface area contributed by atoms with Gasteiger partial charge in [-0.2, -0.15) is 5.26 Å². The van der Waals surface area contributed by atoms with Crippen LogP contribution in [0.1, 0.15) is 5.56 Å². The fourth-order valence-corrected chi connectivity index (χ4v) is 1.77. The molecule has 2 rings (SSSR count). The van der Waals surface area contributed by atoms with E-state index in [1.165, 1.54) is 16.8 Å². The molecule has 2 aromatic rings. The first-order valence-corrected chi connectivity index (χ1v) is 5.75. The molecule has 0 amide bonds. The number of hydrogen-bond donors (Lipinski definition) is 1. The average molecular weight is 280 g/mol. The third-order valence-corrected chi connectivity index (χ3v) is 2.89. The van der Waals surface area contributed by atoms with Crippen LogP contribution in [0.25, 0.3) is 5.69 Å². The van der Waals surface area contributed by atoms with E-state index in [0.717, 1.165) is 0 Å². The Balaban J connectivity index is 2.63. The molecule has 0 fully saturated rings. The zero-order chi connectivity index (χ0) is 14.2. The maximum absolute atomic E-state index is 13.5. The van der Waals surface area contributed by atoms with Crippen molar-refractivity contribution in [2.24, 2.45) is 0 Å². The van der Waals surface area contributed by atoms with Crippen molar-refractivity contribution in [3.8, 4) is 11.8 Å². The summed E-state index contributed by atoms with van der Waals surface area (Å²) in [6.45, 7) is 0. The maximum Gasteiger partial charge on any atom is 0.170 e. The van der Waals surface area contributed by atoms with E-state index >= 15 is 0 Å².